The SMILES string of the molecule is COc1cccc(OC)c1C1CC(C(C)C)CCC1N. The Kier molecular flexibility index (Phi) is 4.92. The maximum atomic E-state index is 6.41. The Morgan fingerprint density at radius 3 is 2.20 bits per heavy atom. The van der Waals surface area contributed by atoms with Crippen molar-refractivity contribution >= 4 is 0 Å². The van der Waals surface area contributed by atoms with Gasteiger partial charge >= 0.3 is 0 Å². The molecule has 2 N–H and O–H groups in total. The van der Waals surface area contributed by atoms with Crippen molar-refractivity contribution in [2.45, 2.75) is 45.1 Å². The summed E-state index contributed by atoms with van der Waals surface area (Å²) in [7, 11) is 3.43. The summed E-state index contributed by atoms with van der Waals surface area (Å²) in [6, 6.07) is 6.16. The Balaban J connectivity index is 2.37. The fourth-order valence-electron chi connectivity index (χ4n) is 3.41. The topological polar surface area (TPSA) is 44.5 Å². The molecule has 3 heteroatoms. The van der Waals surface area contributed by atoms with Crippen molar-refractivity contribution in [2.75, 3.05) is 14.2 Å². The van der Waals surface area contributed by atoms with Crippen LogP contribution < -0.4 is 15.2 Å². The molecule has 3 unspecified atom stereocenters. The molecule has 0 bridgehead atoms. The Hall–Kier alpha value is -1.22. The molecule has 1 aliphatic rings. The van der Waals surface area contributed by atoms with Gasteiger partial charge in [0.05, 0.1) is 14.2 Å². The molecule has 1 aliphatic carbocycles. The van der Waals surface area contributed by atoms with Gasteiger partial charge in [0.25, 0.3) is 0 Å². The van der Waals surface area contributed by atoms with Gasteiger partial charge in [-0.2, -0.15) is 0 Å². The van der Waals surface area contributed by atoms with Gasteiger partial charge in [-0.1, -0.05) is 19.9 Å². The highest BCUT2D eigenvalue weighted by molar-refractivity contribution is 5.48. The fourth-order valence-corrected chi connectivity index (χ4v) is 3.41. The van der Waals surface area contributed by atoms with E-state index in [0.29, 0.717) is 11.8 Å². The predicted molar refractivity (Wildman–Crippen MR) is 82.4 cm³/mol. The molecule has 1 aromatic rings. The first kappa shape index (κ1) is 15.2. The summed E-state index contributed by atoms with van der Waals surface area (Å²) in [4.78, 5) is 0. The van der Waals surface area contributed by atoms with Gasteiger partial charge < -0.3 is 15.2 Å². The molecule has 0 aliphatic heterocycles. The van der Waals surface area contributed by atoms with Gasteiger partial charge in [-0.25, -0.2) is 0 Å². The average molecular weight is 277 g/mol. The van der Waals surface area contributed by atoms with Gasteiger partial charge in [0, 0.05) is 17.5 Å². The zero-order valence-electron chi connectivity index (χ0n) is 13.1. The Morgan fingerprint density at radius 1 is 1.10 bits per heavy atom. The van der Waals surface area contributed by atoms with Crippen molar-refractivity contribution in [3.05, 3.63) is 23.8 Å². The highest BCUT2D eigenvalue weighted by Crippen LogP contribution is 2.45. The van der Waals surface area contributed by atoms with Crippen LogP contribution in [0.2, 0.25) is 0 Å². The highest BCUT2D eigenvalue weighted by Gasteiger charge is 2.34. The summed E-state index contributed by atoms with van der Waals surface area (Å²) in [6.45, 7) is 4.61. The van der Waals surface area contributed by atoms with Gasteiger partial charge in [-0.05, 0) is 43.2 Å². The summed E-state index contributed by atoms with van der Waals surface area (Å²) < 4.78 is 11.1. The predicted octanol–water partition coefficient (Wildman–Crippen LogP) is 3.57. The van der Waals surface area contributed by atoms with Gasteiger partial charge in [-0.15, -0.1) is 0 Å². The molecule has 3 nitrogen and oxygen atoms in total. The minimum Gasteiger partial charge on any atom is -0.496 e. The lowest BCUT2D eigenvalue weighted by Gasteiger charge is -2.37. The van der Waals surface area contributed by atoms with Crippen LogP contribution in [0.25, 0.3) is 0 Å². The molecule has 0 heterocycles. The van der Waals surface area contributed by atoms with Crippen LogP contribution in [0.1, 0.15) is 44.6 Å². The lowest BCUT2D eigenvalue weighted by atomic mass is 9.71. The standard InChI is InChI=1S/C17H27NO2/c1-11(2)12-8-9-14(18)13(10-12)17-15(19-3)6-5-7-16(17)20-4/h5-7,11-14H,8-10,18H2,1-4H3. The van der Waals surface area contributed by atoms with Crippen LogP contribution in [-0.4, -0.2) is 20.3 Å². The largest absolute Gasteiger partial charge is 0.496 e. The van der Waals surface area contributed by atoms with E-state index in [0.717, 1.165) is 35.8 Å². The normalized spacial score (nSPS) is 26.6. The molecular formula is C17H27NO2. The summed E-state index contributed by atoms with van der Waals surface area (Å²) in [5.74, 6) is 3.55. The van der Waals surface area contributed by atoms with Crippen LogP contribution in [0.5, 0.6) is 11.5 Å². The second-order valence-corrected chi connectivity index (χ2v) is 6.16. The molecule has 0 saturated heterocycles. The van der Waals surface area contributed by atoms with E-state index in [9.17, 15) is 0 Å². The molecule has 1 aromatic carbocycles. The van der Waals surface area contributed by atoms with Crippen LogP contribution in [0.15, 0.2) is 18.2 Å². The summed E-state index contributed by atoms with van der Waals surface area (Å²) in [5, 5.41) is 0. The minimum absolute atomic E-state index is 0.190. The molecular weight excluding hydrogens is 250 g/mol. The number of rotatable bonds is 4. The van der Waals surface area contributed by atoms with E-state index in [1.54, 1.807) is 14.2 Å². The zero-order chi connectivity index (χ0) is 14.7. The fraction of sp³-hybridized carbons (Fsp3) is 0.647. The number of methoxy groups -OCH3 is 2. The van der Waals surface area contributed by atoms with Crippen molar-refractivity contribution in [3.63, 3.8) is 0 Å². The van der Waals surface area contributed by atoms with Crippen molar-refractivity contribution in [2.24, 2.45) is 17.6 Å². The Labute approximate surface area is 122 Å². The quantitative estimate of drug-likeness (QED) is 0.915. The minimum atomic E-state index is 0.190. The molecule has 20 heavy (non-hydrogen) atoms. The Bertz CT molecular complexity index is 422. The third-order valence-corrected chi connectivity index (χ3v) is 4.72. The van der Waals surface area contributed by atoms with Crippen molar-refractivity contribution < 1.29 is 9.47 Å². The molecule has 0 amide bonds. The molecule has 2 rings (SSSR count). The highest BCUT2D eigenvalue weighted by atomic mass is 16.5. The lowest BCUT2D eigenvalue weighted by molar-refractivity contribution is 0.226. The van der Waals surface area contributed by atoms with Gasteiger partial charge in [0.15, 0.2) is 0 Å². The van der Waals surface area contributed by atoms with Crippen LogP contribution in [0.3, 0.4) is 0 Å². The first-order valence-corrected chi connectivity index (χ1v) is 7.55. The monoisotopic (exact) mass is 277 g/mol. The third kappa shape index (κ3) is 2.93. The summed E-state index contributed by atoms with van der Waals surface area (Å²) in [5.41, 5.74) is 7.56. The first-order valence-electron chi connectivity index (χ1n) is 7.55. The van der Waals surface area contributed by atoms with Crippen molar-refractivity contribution in [3.8, 4) is 11.5 Å². The van der Waals surface area contributed by atoms with E-state index < -0.39 is 0 Å². The summed E-state index contributed by atoms with van der Waals surface area (Å²) >= 11 is 0. The molecule has 112 valence electrons. The van der Waals surface area contributed by atoms with E-state index in [1.165, 1.54) is 6.42 Å². The van der Waals surface area contributed by atoms with Crippen molar-refractivity contribution in [1.29, 1.82) is 0 Å². The van der Waals surface area contributed by atoms with E-state index in [4.69, 9.17) is 15.2 Å². The number of hydrogen-bond donors (Lipinski definition) is 1. The smallest absolute Gasteiger partial charge is 0.126 e. The van der Waals surface area contributed by atoms with E-state index in [2.05, 4.69) is 13.8 Å². The van der Waals surface area contributed by atoms with Gasteiger partial charge in [0.2, 0.25) is 0 Å². The van der Waals surface area contributed by atoms with Crippen LogP contribution in [0.4, 0.5) is 0 Å². The van der Waals surface area contributed by atoms with Crippen LogP contribution in [0, 0.1) is 11.8 Å². The average Bonchev–Trinajstić information content (AvgIpc) is 2.46. The molecule has 1 saturated carbocycles. The zero-order valence-corrected chi connectivity index (χ0v) is 13.1. The molecule has 0 spiro atoms. The number of benzene rings is 1. The van der Waals surface area contributed by atoms with Crippen LogP contribution >= 0.6 is 0 Å². The van der Waals surface area contributed by atoms with E-state index in [-0.39, 0.29) is 6.04 Å². The Morgan fingerprint density at radius 2 is 1.70 bits per heavy atom. The number of nitrogens with two attached hydrogens (primary N) is 1. The van der Waals surface area contributed by atoms with Crippen molar-refractivity contribution in [1.82, 2.24) is 0 Å². The third-order valence-electron chi connectivity index (χ3n) is 4.72. The molecule has 1 fully saturated rings. The molecule has 0 radical (unpaired) electrons. The first-order chi connectivity index (χ1) is 9.58. The molecule has 3 atom stereocenters. The van der Waals surface area contributed by atoms with Gasteiger partial charge in [-0.3, -0.25) is 0 Å². The maximum Gasteiger partial charge on any atom is 0.126 e. The second kappa shape index (κ2) is 6.49. The maximum absolute atomic E-state index is 6.41. The lowest BCUT2D eigenvalue weighted by Crippen LogP contribution is -2.36. The van der Waals surface area contributed by atoms with Crippen LogP contribution in [-0.2, 0) is 0 Å². The van der Waals surface area contributed by atoms with E-state index >= 15 is 0 Å². The molecule has 0 aromatic heterocycles. The second-order valence-electron chi connectivity index (χ2n) is 6.16. The van der Waals surface area contributed by atoms with Gasteiger partial charge in [0.1, 0.15) is 11.5 Å². The van der Waals surface area contributed by atoms with E-state index in [1.807, 2.05) is 18.2 Å². The number of hydrogen-bond acceptors (Lipinski definition) is 3. The number of ether oxygens (including phenoxy) is 2. The summed E-state index contributed by atoms with van der Waals surface area (Å²) in [6.07, 6.45) is 3.43.